The Bertz CT molecular complexity index is 456. The highest BCUT2D eigenvalue weighted by atomic mass is 16.2. The standard InChI is InChI=1S/C15H22N2O/c1-4-10(3)9-17-13-7-6-11(5-2)8-12(13)14(16)15(17)18/h6-8,10,14H,4-5,9,16H2,1-3H3. The second-order valence-electron chi connectivity index (χ2n) is 5.19. The predicted molar refractivity (Wildman–Crippen MR) is 74.6 cm³/mol. The van der Waals surface area contributed by atoms with E-state index in [-0.39, 0.29) is 5.91 Å². The van der Waals surface area contributed by atoms with Crippen LogP contribution >= 0.6 is 0 Å². The van der Waals surface area contributed by atoms with Gasteiger partial charge in [-0.25, -0.2) is 0 Å². The number of hydrogen-bond donors (Lipinski definition) is 1. The van der Waals surface area contributed by atoms with Crippen LogP contribution in [0.2, 0.25) is 0 Å². The summed E-state index contributed by atoms with van der Waals surface area (Å²) in [6, 6.07) is 5.74. The summed E-state index contributed by atoms with van der Waals surface area (Å²) < 4.78 is 0. The van der Waals surface area contributed by atoms with Gasteiger partial charge in [-0.05, 0) is 24.0 Å². The highest BCUT2D eigenvalue weighted by Gasteiger charge is 2.35. The Kier molecular flexibility index (Phi) is 3.71. The molecule has 3 nitrogen and oxygen atoms in total. The van der Waals surface area contributed by atoms with Crippen LogP contribution < -0.4 is 10.6 Å². The molecule has 1 aliphatic rings. The first kappa shape index (κ1) is 13.1. The number of aryl methyl sites for hydroxylation is 1. The molecular formula is C15H22N2O. The van der Waals surface area contributed by atoms with Crippen molar-refractivity contribution in [2.24, 2.45) is 11.7 Å². The number of benzene rings is 1. The van der Waals surface area contributed by atoms with Gasteiger partial charge in [-0.3, -0.25) is 4.79 Å². The van der Waals surface area contributed by atoms with E-state index in [2.05, 4.69) is 32.9 Å². The Morgan fingerprint density at radius 3 is 2.72 bits per heavy atom. The third-order valence-corrected chi connectivity index (χ3v) is 3.85. The molecule has 0 fully saturated rings. The molecule has 0 saturated carbocycles. The Labute approximate surface area is 109 Å². The number of nitrogens with two attached hydrogens (primary N) is 1. The van der Waals surface area contributed by atoms with Gasteiger partial charge in [0.25, 0.3) is 0 Å². The number of carbonyl (C=O) groups excluding carboxylic acids is 1. The molecule has 2 N–H and O–H groups in total. The lowest BCUT2D eigenvalue weighted by Gasteiger charge is -2.21. The van der Waals surface area contributed by atoms with Crippen molar-refractivity contribution in [2.75, 3.05) is 11.4 Å². The van der Waals surface area contributed by atoms with E-state index in [1.807, 2.05) is 11.0 Å². The van der Waals surface area contributed by atoms with Crippen LogP contribution in [0.15, 0.2) is 18.2 Å². The minimum atomic E-state index is -0.476. The quantitative estimate of drug-likeness (QED) is 0.887. The molecule has 0 aromatic heterocycles. The first-order valence-electron chi connectivity index (χ1n) is 6.78. The minimum Gasteiger partial charge on any atom is -0.316 e. The van der Waals surface area contributed by atoms with Crippen LogP contribution in [0, 0.1) is 5.92 Å². The molecule has 0 aliphatic carbocycles. The molecule has 1 aliphatic heterocycles. The van der Waals surface area contributed by atoms with Crippen LogP contribution in [0.5, 0.6) is 0 Å². The number of hydrogen-bond acceptors (Lipinski definition) is 2. The largest absolute Gasteiger partial charge is 0.316 e. The van der Waals surface area contributed by atoms with Gasteiger partial charge in [-0.15, -0.1) is 0 Å². The monoisotopic (exact) mass is 246 g/mol. The second kappa shape index (κ2) is 5.11. The lowest BCUT2D eigenvalue weighted by Crippen LogP contribution is -2.34. The average molecular weight is 246 g/mol. The maximum Gasteiger partial charge on any atom is 0.248 e. The van der Waals surface area contributed by atoms with Gasteiger partial charge in [0, 0.05) is 17.8 Å². The fraction of sp³-hybridized carbons (Fsp3) is 0.533. The third kappa shape index (κ3) is 2.15. The van der Waals surface area contributed by atoms with Crippen molar-refractivity contribution in [2.45, 2.75) is 39.7 Å². The third-order valence-electron chi connectivity index (χ3n) is 3.85. The van der Waals surface area contributed by atoms with Gasteiger partial charge in [0.15, 0.2) is 0 Å². The van der Waals surface area contributed by atoms with Crippen molar-refractivity contribution in [3.8, 4) is 0 Å². The van der Waals surface area contributed by atoms with Gasteiger partial charge < -0.3 is 10.6 Å². The highest BCUT2D eigenvalue weighted by molar-refractivity contribution is 6.04. The Balaban J connectivity index is 2.34. The molecule has 2 rings (SSSR count). The van der Waals surface area contributed by atoms with Crippen molar-refractivity contribution in [1.29, 1.82) is 0 Å². The second-order valence-corrected chi connectivity index (χ2v) is 5.19. The van der Waals surface area contributed by atoms with Crippen molar-refractivity contribution < 1.29 is 4.79 Å². The normalized spacial score (nSPS) is 20.1. The number of carbonyl (C=O) groups is 1. The van der Waals surface area contributed by atoms with Crippen LogP contribution in [0.4, 0.5) is 5.69 Å². The van der Waals surface area contributed by atoms with Gasteiger partial charge in [0.1, 0.15) is 6.04 Å². The smallest absolute Gasteiger partial charge is 0.248 e. The molecule has 1 heterocycles. The first-order valence-corrected chi connectivity index (χ1v) is 6.78. The van der Waals surface area contributed by atoms with E-state index >= 15 is 0 Å². The van der Waals surface area contributed by atoms with Crippen LogP contribution in [-0.2, 0) is 11.2 Å². The molecule has 3 heteroatoms. The summed E-state index contributed by atoms with van der Waals surface area (Å²) in [7, 11) is 0. The van der Waals surface area contributed by atoms with Crippen LogP contribution in [0.1, 0.15) is 44.4 Å². The number of rotatable bonds is 4. The van der Waals surface area contributed by atoms with E-state index in [1.54, 1.807) is 0 Å². The Morgan fingerprint density at radius 1 is 1.39 bits per heavy atom. The number of anilines is 1. The van der Waals surface area contributed by atoms with Crippen molar-refractivity contribution in [1.82, 2.24) is 0 Å². The number of fused-ring (bicyclic) bond motifs is 1. The maximum absolute atomic E-state index is 12.2. The summed E-state index contributed by atoms with van der Waals surface area (Å²) in [5.74, 6) is 0.538. The Morgan fingerprint density at radius 2 is 2.11 bits per heavy atom. The average Bonchev–Trinajstić information content (AvgIpc) is 2.63. The zero-order chi connectivity index (χ0) is 13.3. The lowest BCUT2D eigenvalue weighted by atomic mass is 10.0. The number of amides is 1. The fourth-order valence-electron chi connectivity index (χ4n) is 2.37. The molecule has 1 amide bonds. The first-order chi connectivity index (χ1) is 8.58. The summed E-state index contributed by atoms with van der Waals surface area (Å²) in [5, 5.41) is 0. The van der Waals surface area contributed by atoms with Gasteiger partial charge >= 0.3 is 0 Å². The van der Waals surface area contributed by atoms with Crippen LogP contribution in [-0.4, -0.2) is 12.5 Å². The minimum absolute atomic E-state index is 0.0403. The Hall–Kier alpha value is -1.35. The fourth-order valence-corrected chi connectivity index (χ4v) is 2.37. The SMILES string of the molecule is CCc1ccc2c(c1)C(N)C(=O)N2CC(C)CC. The van der Waals surface area contributed by atoms with E-state index in [0.717, 1.165) is 30.6 Å². The van der Waals surface area contributed by atoms with Crippen molar-refractivity contribution in [3.05, 3.63) is 29.3 Å². The molecular weight excluding hydrogens is 224 g/mol. The number of nitrogens with zero attached hydrogens (tertiary/aromatic N) is 1. The molecule has 2 unspecified atom stereocenters. The summed E-state index contributed by atoms with van der Waals surface area (Å²) in [6.07, 6.45) is 2.04. The van der Waals surface area contributed by atoms with Gasteiger partial charge in [0.05, 0.1) is 0 Å². The summed E-state index contributed by atoms with van der Waals surface area (Å²) >= 11 is 0. The molecule has 1 aromatic carbocycles. The summed E-state index contributed by atoms with van der Waals surface area (Å²) in [6.45, 7) is 7.19. The van der Waals surface area contributed by atoms with E-state index in [0.29, 0.717) is 5.92 Å². The molecule has 2 atom stereocenters. The van der Waals surface area contributed by atoms with E-state index in [1.165, 1.54) is 5.56 Å². The predicted octanol–water partition coefficient (Wildman–Crippen LogP) is 2.64. The summed E-state index contributed by atoms with van der Waals surface area (Å²) in [5.41, 5.74) is 9.26. The van der Waals surface area contributed by atoms with Gasteiger partial charge in [-0.2, -0.15) is 0 Å². The molecule has 1 aromatic rings. The molecule has 0 radical (unpaired) electrons. The van der Waals surface area contributed by atoms with Crippen molar-refractivity contribution in [3.63, 3.8) is 0 Å². The maximum atomic E-state index is 12.2. The zero-order valence-electron chi connectivity index (χ0n) is 11.4. The van der Waals surface area contributed by atoms with Gasteiger partial charge in [-0.1, -0.05) is 39.3 Å². The molecule has 0 saturated heterocycles. The molecule has 98 valence electrons. The lowest BCUT2D eigenvalue weighted by molar-refractivity contribution is -0.119. The van der Waals surface area contributed by atoms with E-state index in [4.69, 9.17) is 5.73 Å². The highest BCUT2D eigenvalue weighted by Crippen LogP contribution is 2.35. The summed E-state index contributed by atoms with van der Waals surface area (Å²) in [4.78, 5) is 14.1. The van der Waals surface area contributed by atoms with E-state index < -0.39 is 6.04 Å². The van der Waals surface area contributed by atoms with Gasteiger partial charge in [0.2, 0.25) is 5.91 Å². The van der Waals surface area contributed by atoms with Crippen molar-refractivity contribution >= 4 is 11.6 Å². The molecule has 0 spiro atoms. The topological polar surface area (TPSA) is 46.3 Å². The molecule has 0 bridgehead atoms. The van der Waals surface area contributed by atoms with E-state index in [9.17, 15) is 4.79 Å². The van der Waals surface area contributed by atoms with Crippen LogP contribution in [0.25, 0.3) is 0 Å². The van der Waals surface area contributed by atoms with Crippen LogP contribution in [0.3, 0.4) is 0 Å². The molecule has 18 heavy (non-hydrogen) atoms. The zero-order valence-corrected chi connectivity index (χ0v) is 11.4.